The van der Waals surface area contributed by atoms with Gasteiger partial charge in [-0.3, -0.25) is 0 Å². The molecule has 104 valence electrons. The minimum absolute atomic E-state index is 0.0835. The molecule has 0 saturated carbocycles. The van der Waals surface area contributed by atoms with Crippen molar-refractivity contribution in [1.82, 2.24) is 0 Å². The third kappa shape index (κ3) is 5.01. The smallest absolute Gasteiger partial charge is 0.330 e. The molecule has 0 fully saturated rings. The van der Waals surface area contributed by atoms with Gasteiger partial charge in [-0.2, -0.15) is 8.42 Å². The highest BCUT2D eigenvalue weighted by Crippen LogP contribution is 2.29. The second-order valence-corrected chi connectivity index (χ2v) is 5.13. The molecule has 0 spiro atoms. The minimum Gasteiger partial charge on any atom is -0.493 e. The fourth-order valence-corrected chi connectivity index (χ4v) is 1.72. The molecule has 0 aromatic heterocycles. The Hall–Kier alpha value is -2.02. The van der Waals surface area contributed by atoms with Crippen LogP contribution < -0.4 is 8.92 Å². The molecule has 0 aliphatic carbocycles. The summed E-state index contributed by atoms with van der Waals surface area (Å²) < 4.78 is 36.3. The highest BCUT2D eigenvalue weighted by Gasteiger charge is 2.10. The molecule has 0 atom stereocenters. The molecule has 0 saturated heterocycles. The lowest BCUT2D eigenvalue weighted by Gasteiger charge is -2.09. The Morgan fingerprint density at radius 3 is 2.42 bits per heavy atom. The predicted octanol–water partition coefficient (Wildman–Crippen LogP) is 1.22. The molecule has 0 radical (unpaired) electrons. The van der Waals surface area contributed by atoms with E-state index < -0.39 is 16.1 Å². The molecule has 0 heterocycles. The van der Waals surface area contributed by atoms with Crippen molar-refractivity contribution in [2.45, 2.75) is 0 Å². The summed E-state index contributed by atoms with van der Waals surface area (Å²) in [6, 6.07) is 4.57. The Labute approximate surface area is 111 Å². The second kappa shape index (κ2) is 6.24. The summed E-state index contributed by atoms with van der Waals surface area (Å²) in [7, 11) is -0.963. The normalized spacial score (nSPS) is 11.3. The zero-order valence-electron chi connectivity index (χ0n) is 10.7. The molecule has 0 amide bonds. The van der Waals surface area contributed by atoms with Gasteiger partial charge in [0.1, 0.15) is 0 Å². The molecule has 7 heteroatoms. The van der Waals surface area contributed by atoms with Gasteiger partial charge in [0.25, 0.3) is 0 Å². The van der Waals surface area contributed by atoms with Gasteiger partial charge in [0.2, 0.25) is 0 Å². The van der Waals surface area contributed by atoms with Gasteiger partial charge in [0, 0.05) is 6.08 Å². The molecule has 6 nitrogen and oxygen atoms in total. The third-order valence-electron chi connectivity index (χ3n) is 2.04. The Kier molecular flexibility index (Phi) is 4.94. The van der Waals surface area contributed by atoms with Crippen molar-refractivity contribution in [1.29, 1.82) is 0 Å². The van der Waals surface area contributed by atoms with E-state index >= 15 is 0 Å². The summed E-state index contributed by atoms with van der Waals surface area (Å²) >= 11 is 0. The molecule has 1 rings (SSSR count). The maximum Gasteiger partial charge on any atom is 0.330 e. The van der Waals surface area contributed by atoms with E-state index in [-0.39, 0.29) is 11.5 Å². The van der Waals surface area contributed by atoms with Crippen LogP contribution in [-0.4, -0.2) is 34.9 Å². The molecular weight excluding hydrogens is 272 g/mol. The lowest BCUT2D eigenvalue weighted by atomic mass is 10.2. The van der Waals surface area contributed by atoms with Crippen molar-refractivity contribution >= 4 is 22.2 Å². The average Bonchev–Trinajstić information content (AvgIpc) is 2.35. The van der Waals surface area contributed by atoms with E-state index in [0.29, 0.717) is 5.56 Å². The Morgan fingerprint density at radius 2 is 1.89 bits per heavy atom. The average molecular weight is 286 g/mol. The van der Waals surface area contributed by atoms with Gasteiger partial charge in [-0.05, 0) is 23.8 Å². The number of esters is 1. The number of hydrogen-bond donors (Lipinski definition) is 0. The van der Waals surface area contributed by atoms with E-state index in [9.17, 15) is 13.2 Å². The van der Waals surface area contributed by atoms with Crippen LogP contribution in [0.3, 0.4) is 0 Å². The number of methoxy groups -OCH3 is 2. The van der Waals surface area contributed by atoms with Crippen molar-refractivity contribution in [2.75, 3.05) is 20.5 Å². The summed E-state index contributed by atoms with van der Waals surface area (Å²) in [6.45, 7) is 0. The van der Waals surface area contributed by atoms with E-state index in [2.05, 4.69) is 4.74 Å². The summed E-state index contributed by atoms with van der Waals surface area (Å²) in [4.78, 5) is 10.9. The van der Waals surface area contributed by atoms with Gasteiger partial charge in [-0.15, -0.1) is 0 Å². The Morgan fingerprint density at radius 1 is 1.21 bits per heavy atom. The Bertz CT molecular complexity index is 588. The quantitative estimate of drug-likeness (QED) is 0.460. The minimum atomic E-state index is -3.62. The van der Waals surface area contributed by atoms with Gasteiger partial charge >= 0.3 is 16.1 Å². The van der Waals surface area contributed by atoms with Crippen molar-refractivity contribution in [3.8, 4) is 11.5 Å². The van der Waals surface area contributed by atoms with E-state index in [0.717, 1.165) is 6.26 Å². The van der Waals surface area contributed by atoms with Crippen LogP contribution in [0, 0.1) is 0 Å². The van der Waals surface area contributed by atoms with Gasteiger partial charge in [-0.25, -0.2) is 4.79 Å². The highest BCUT2D eigenvalue weighted by atomic mass is 32.2. The molecule has 19 heavy (non-hydrogen) atoms. The first-order chi connectivity index (χ1) is 8.85. The van der Waals surface area contributed by atoms with E-state index in [1.807, 2.05) is 0 Å². The SMILES string of the molecule is COC(=O)/C=C/c1ccc(OS(C)(=O)=O)c(OC)c1. The van der Waals surface area contributed by atoms with Crippen molar-refractivity contribution < 1.29 is 26.9 Å². The number of benzene rings is 1. The molecule has 0 bridgehead atoms. The highest BCUT2D eigenvalue weighted by molar-refractivity contribution is 7.86. The molecule has 0 aliphatic rings. The van der Waals surface area contributed by atoms with Gasteiger partial charge < -0.3 is 13.7 Å². The van der Waals surface area contributed by atoms with Crippen LogP contribution in [0.4, 0.5) is 0 Å². The maximum absolute atomic E-state index is 11.1. The lowest BCUT2D eigenvalue weighted by Crippen LogP contribution is -2.06. The molecule has 0 aliphatic heterocycles. The van der Waals surface area contributed by atoms with Crippen LogP contribution in [0.25, 0.3) is 6.08 Å². The van der Waals surface area contributed by atoms with E-state index in [1.165, 1.54) is 32.4 Å². The van der Waals surface area contributed by atoms with Crippen molar-refractivity contribution in [3.63, 3.8) is 0 Å². The topological polar surface area (TPSA) is 78.9 Å². The predicted molar refractivity (Wildman–Crippen MR) is 69.5 cm³/mol. The van der Waals surface area contributed by atoms with Crippen LogP contribution in [0.5, 0.6) is 11.5 Å². The van der Waals surface area contributed by atoms with Crippen LogP contribution in [-0.2, 0) is 19.6 Å². The Balaban J connectivity index is 3.02. The van der Waals surface area contributed by atoms with E-state index in [1.54, 1.807) is 12.1 Å². The zero-order chi connectivity index (χ0) is 14.5. The van der Waals surface area contributed by atoms with Gasteiger partial charge in [0.15, 0.2) is 11.5 Å². The van der Waals surface area contributed by atoms with Crippen LogP contribution >= 0.6 is 0 Å². The summed E-state index contributed by atoms with van der Waals surface area (Å²) in [5.41, 5.74) is 0.642. The molecule has 1 aromatic rings. The summed E-state index contributed by atoms with van der Waals surface area (Å²) in [5, 5.41) is 0. The summed E-state index contributed by atoms with van der Waals surface area (Å²) in [5.74, 6) is -0.159. The molecule has 0 N–H and O–H groups in total. The molecule has 1 aromatic carbocycles. The first-order valence-electron chi connectivity index (χ1n) is 5.19. The molecule has 0 unspecified atom stereocenters. The third-order valence-corrected chi connectivity index (χ3v) is 2.52. The monoisotopic (exact) mass is 286 g/mol. The van der Waals surface area contributed by atoms with Crippen LogP contribution in [0.15, 0.2) is 24.3 Å². The van der Waals surface area contributed by atoms with Crippen LogP contribution in [0.2, 0.25) is 0 Å². The summed E-state index contributed by atoms with van der Waals surface area (Å²) in [6.07, 6.45) is 3.70. The molecular formula is C12H14O6S. The number of carbonyl (C=O) groups excluding carboxylic acids is 1. The van der Waals surface area contributed by atoms with Crippen molar-refractivity contribution in [2.24, 2.45) is 0 Å². The van der Waals surface area contributed by atoms with Gasteiger partial charge in [0.05, 0.1) is 20.5 Å². The van der Waals surface area contributed by atoms with Crippen LogP contribution in [0.1, 0.15) is 5.56 Å². The zero-order valence-corrected chi connectivity index (χ0v) is 11.6. The standard InChI is InChI=1S/C12H14O6S/c1-16-11-8-9(5-7-12(13)17-2)4-6-10(11)18-19(3,14)15/h4-8H,1-3H3/b7-5+. The first kappa shape index (κ1) is 15.0. The second-order valence-electron chi connectivity index (χ2n) is 3.55. The number of rotatable bonds is 5. The number of hydrogen-bond acceptors (Lipinski definition) is 6. The fourth-order valence-electron chi connectivity index (χ4n) is 1.25. The number of ether oxygens (including phenoxy) is 2. The van der Waals surface area contributed by atoms with Gasteiger partial charge in [-0.1, -0.05) is 6.07 Å². The van der Waals surface area contributed by atoms with E-state index in [4.69, 9.17) is 8.92 Å². The maximum atomic E-state index is 11.1. The largest absolute Gasteiger partial charge is 0.493 e. The fraction of sp³-hybridized carbons (Fsp3) is 0.250. The lowest BCUT2D eigenvalue weighted by molar-refractivity contribution is -0.134. The van der Waals surface area contributed by atoms with Crippen molar-refractivity contribution in [3.05, 3.63) is 29.8 Å². The first-order valence-corrected chi connectivity index (χ1v) is 7.01. The number of carbonyl (C=O) groups is 1.